The van der Waals surface area contributed by atoms with E-state index in [4.69, 9.17) is 9.15 Å². The third-order valence-corrected chi connectivity index (χ3v) is 3.11. The van der Waals surface area contributed by atoms with Gasteiger partial charge in [0.25, 0.3) is 5.91 Å². The van der Waals surface area contributed by atoms with E-state index in [2.05, 4.69) is 21.2 Å². The summed E-state index contributed by atoms with van der Waals surface area (Å²) in [5, 5.41) is 2.55. The van der Waals surface area contributed by atoms with E-state index in [9.17, 15) is 14.4 Å². The van der Waals surface area contributed by atoms with Crippen LogP contribution in [0.15, 0.2) is 45.5 Å². The van der Waals surface area contributed by atoms with Gasteiger partial charge in [-0.25, -0.2) is 4.79 Å². The first-order chi connectivity index (χ1) is 10.5. The predicted octanol–water partition coefficient (Wildman–Crippen LogP) is 3.04. The van der Waals surface area contributed by atoms with Crippen molar-refractivity contribution in [2.75, 3.05) is 11.9 Å². The summed E-state index contributed by atoms with van der Waals surface area (Å²) in [6, 6.07) is 9.38. The molecule has 0 aliphatic rings. The topological polar surface area (TPSA) is 85.6 Å². The zero-order valence-electron chi connectivity index (χ0n) is 11.6. The Hall–Kier alpha value is -2.41. The van der Waals surface area contributed by atoms with Crippen LogP contribution < -0.4 is 5.32 Å². The molecule has 1 N–H and O–H groups in total. The van der Waals surface area contributed by atoms with Gasteiger partial charge in [-0.1, -0.05) is 0 Å². The third-order valence-electron chi connectivity index (χ3n) is 2.68. The standard InChI is InChI=1S/C15H12BrNO5/c1-9(18)10-2-4-11(5-3-10)17-14(19)8-21-15(20)12-6-7-13(16)22-12/h2-7H,8H2,1H3,(H,17,19). The summed E-state index contributed by atoms with van der Waals surface area (Å²) in [5.41, 5.74) is 1.06. The maximum absolute atomic E-state index is 11.7. The number of carbonyl (C=O) groups excluding carboxylic acids is 3. The van der Waals surface area contributed by atoms with E-state index in [-0.39, 0.29) is 11.5 Å². The Morgan fingerprint density at radius 2 is 1.82 bits per heavy atom. The molecule has 0 radical (unpaired) electrons. The van der Waals surface area contributed by atoms with Crippen LogP contribution in [0.25, 0.3) is 0 Å². The van der Waals surface area contributed by atoms with Crippen molar-refractivity contribution in [1.82, 2.24) is 0 Å². The van der Waals surface area contributed by atoms with Crippen LogP contribution in [-0.4, -0.2) is 24.3 Å². The molecule has 1 amide bonds. The zero-order valence-corrected chi connectivity index (χ0v) is 13.2. The molecule has 7 heteroatoms. The minimum absolute atomic E-state index is 0.00508. The maximum Gasteiger partial charge on any atom is 0.374 e. The lowest BCUT2D eigenvalue weighted by atomic mass is 10.1. The molecule has 1 aromatic carbocycles. The van der Waals surface area contributed by atoms with Gasteiger partial charge in [-0.15, -0.1) is 0 Å². The number of esters is 1. The molecule has 0 aliphatic heterocycles. The molecule has 0 unspecified atom stereocenters. The molecule has 0 spiro atoms. The van der Waals surface area contributed by atoms with Crippen molar-refractivity contribution in [3.8, 4) is 0 Å². The second kappa shape index (κ2) is 7.04. The summed E-state index contributed by atoms with van der Waals surface area (Å²) in [5.74, 6) is -1.27. The van der Waals surface area contributed by atoms with Crippen LogP contribution in [0, 0.1) is 0 Å². The number of rotatable bonds is 5. The molecule has 0 aliphatic carbocycles. The summed E-state index contributed by atoms with van der Waals surface area (Å²) >= 11 is 3.06. The van der Waals surface area contributed by atoms with Crippen molar-refractivity contribution in [1.29, 1.82) is 0 Å². The van der Waals surface area contributed by atoms with Crippen molar-refractivity contribution in [2.45, 2.75) is 6.92 Å². The lowest BCUT2D eigenvalue weighted by molar-refractivity contribution is -0.119. The molecule has 0 saturated heterocycles. The molecule has 2 rings (SSSR count). The monoisotopic (exact) mass is 365 g/mol. The number of hydrogen-bond acceptors (Lipinski definition) is 5. The van der Waals surface area contributed by atoms with Crippen molar-refractivity contribution in [3.05, 3.63) is 52.4 Å². The highest BCUT2D eigenvalue weighted by Gasteiger charge is 2.14. The van der Waals surface area contributed by atoms with E-state index >= 15 is 0 Å². The number of benzene rings is 1. The Balaban J connectivity index is 1.85. The first-order valence-electron chi connectivity index (χ1n) is 6.29. The fourth-order valence-corrected chi connectivity index (χ4v) is 1.92. The maximum atomic E-state index is 11.7. The number of halogens is 1. The highest BCUT2D eigenvalue weighted by atomic mass is 79.9. The SMILES string of the molecule is CC(=O)c1ccc(NC(=O)COC(=O)c2ccc(Br)o2)cc1. The molecule has 0 fully saturated rings. The fraction of sp³-hybridized carbons (Fsp3) is 0.133. The lowest BCUT2D eigenvalue weighted by Crippen LogP contribution is -2.20. The normalized spacial score (nSPS) is 10.1. The molecule has 0 atom stereocenters. The van der Waals surface area contributed by atoms with Gasteiger partial charge in [0.05, 0.1) is 0 Å². The van der Waals surface area contributed by atoms with E-state index in [1.165, 1.54) is 13.0 Å². The van der Waals surface area contributed by atoms with Crippen molar-refractivity contribution in [3.63, 3.8) is 0 Å². The minimum atomic E-state index is -0.729. The molecular formula is C15H12BrNO5. The Morgan fingerprint density at radius 3 is 2.36 bits per heavy atom. The zero-order chi connectivity index (χ0) is 16.1. The van der Waals surface area contributed by atoms with Gasteiger partial charge in [0, 0.05) is 11.3 Å². The second-order valence-corrected chi connectivity index (χ2v) is 5.14. The van der Waals surface area contributed by atoms with Gasteiger partial charge in [-0.3, -0.25) is 9.59 Å². The summed E-state index contributed by atoms with van der Waals surface area (Å²) in [7, 11) is 0. The van der Waals surface area contributed by atoms with Gasteiger partial charge in [0.2, 0.25) is 5.76 Å². The highest BCUT2D eigenvalue weighted by molar-refractivity contribution is 9.10. The first kappa shape index (κ1) is 16.0. The van der Waals surface area contributed by atoms with Crippen LogP contribution in [0.5, 0.6) is 0 Å². The molecule has 6 nitrogen and oxygen atoms in total. The van der Waals surface area contributed by atoms with Gasteiger partial charge >= 0.3 is 5.97 Å². The smallest absolute Gasteiger partial charge is 0.374 e. The molecule has 22 heavy (non-hydrogen) atoms. The van der Waals surface area contributed by atoms with Crippen molar-refractivity contribution >= 4 is 39.3 Å². The Labute approximate surface area is 134 Å². The van der Waals surface area contributed by atoms with E-state index in [0.29, 0.717) is 15.9 Å². The van der Waals surface area contributed by atoms with Crippen molar-refractivity contribution < 1.29 is 23.5 Å². The quantitative estimate of drug-likeness (QED) is 0.649. The minimum Gasteiger partial charge on any atom is -0.450 e. The summed E-state index contributed by atoms with van der Waals surface area (Å²) in [6.07, 6.45) is 0. The molecule has 1 heterocycles. The van der Waals surface area contributed by atoms with Gasteiger partial charge in [0.1, 0.15) is 0 Å². The first-order valence-corrected chi connectivity index (χ1v) is 7.08. The molecule has 0 bridgehead atoms. The summed E-state index contributed by atoms with van der Waals surface area (Å²) in [6.45, 7) is 1.02. The Morgan fingerprint density at radius 1 is 1.14 bits per heavy atom. The number of Topliss-reactive ketones (excluding diaryl/α,β-unsaturated/α-hetero) is 1. The van der Waals surface area contributed by atoms with E-state index < -0.39 is 18.5 Å². The van der Waals surface area contributed by atoms with Crippen LogP contribution in [0.1, 0.15) is 27.8 Å². The number of anilines is 1. The van der Waals surface area contributed by atoms with Crippen LogP contribution >= 0.6 is 15.9 Å². The Bertz CT molecular complexity index is 705. The third kappa shape index (κ3) is 4.29. The number of ketones is 1. The average Bonchev–Trinajstić information content (AvgIpc) is 2.92. The van der Waals surface area contributed by atoms with Crippen molar-refractivity contribution in [2.24, 2.45) is 0 Å². The largest absolute Gasteiger partial charge is 0.450 e. The molecule has 114 valence electrons. The number of hydrogen-bond donors (Lipinski definition) is 1. The lowest BCUT2D eigenvalue weighted by Gasteiger charge is -2.06. The Kier molecular flexibility index (Phi) is 5.11. The fourth-order valence-electron chi connectivity index (χ4n) is 1.61. The molecule has 1 aromatic heterocycles. The number of furan rings is 1. The van der Waals surface area contributed by atoms with Crippen LogP contribution in [0.2, 0.25) is 0 Å². The summed E-state index contributed by atoms with van der Waals surface area (Å²) in [4.78, 5) is 34.4. The van der Waals surface area contributed by atoms with Gasteiger partial charge < -0.3 is 14.5 Å². The second-order valence-electron chi connectivity index (χ2n) is 4.36. The molecule has 2 aromatic rings. The van der Waals surface area contributed by atoms with Crippen LogP contribution in [0.3, 0.4) is 0 Å². The van der Waals surface area contributed by atoms with Crippen LogP contribution in [-0.2, 0) is 9.53 Å². The molecule has 0 saturated carbocycles. The number of carbonyl (C=O) groups is 3. The average molecular weight is 366 g/mol. The van der Waals surface area contributed by atoms with E-state index in [0.717, 1.165) is 0 Å². The number of amides is 1. The van der Waals surface area contributed by atoms with Crippen LogP contribution in [0.4, 0.5) is 5.69 Å². The van der Waals surface area contributed by atoms with Gasteiger partial charge in [-0.05, 0) is 59.3 Å². The van der Waals surface area contributed by atoms with E-state index in [1.807, 2.05) is 0 Å². The molecular weight excluding hydrogens is 354 g/mol. The number of nitrogens with one attached hydrogen (secondary N) is 1. The van der Waals surface area contributed by atoms with Gasteiger partial charge in [-0.2, -0.15) is 0 Å². The highest BCUT2D eigenvalue weighted by Crippen LogP contribution is 2.15. The number of ether oxygens (including phenoxy) is 1. The van der Waals surface area contributed by atoms with E-state index in [1.54, 1.807) is 30.3 Å². The van der Waals surface area contributed by atoms with Gasteiger partial charge in [0.15, 0.2) is 17.1 Å². The predicted molar refractivity (Wildman–Crippen MR) is 81.8 cm³/mol. The summed E-state index contributed by atoms with van der Waals surface area (Å²) < 4.78 is 10.2.